The second-order valence-electron chi connectivity index (χ2n) is 8.80. The van der Waals surface area contributed by atoms with Crippen LogP contribution in [0.3, 0.4) is 0 Å². The smallest absolute Gasteiger partial charge is 0.0851 e. The Kier molecular flexibility index (Phi) is 14.4. The predicted molar refractivity (Wildman–Crippen MR) is 125 cm³/mol. The average molecular weight is 658 g/mol. The fraction of sp³-hybridized carbons (Fsp3) is 0.826. The molecule has 2 fully saturated rings. The van der Waals surface area contributed by atoms with E-state index in [1.807, 2.05) is 0 Å². The predicted octanol–water partition coefficient (Wildman–Crippen LogP) is 6.39. The van der Waals surface area contributed by atoms with E-state index in [9.17, 15) is 5.11 Å². The third kappa shape index (κ3) is 8.18. The van der Waals surface area contributed by atoms with Crippen LogP contribution in [0.1, 0.15) is 84.5 Å². The van der Waals surface area contributed by atoms with Gasteiger partial charge in [-0.3, -0.25) is 0 Å². The average Bonchev–Trinajstić information content (AvgIpc) is 2.97. The number of allylic oxidation sites excluding steroid dienone is 2. The Labute approximate surface area is 221 Å². The number of aliphatic hydroxyl groups is 1. The van der Waals surface area contributed by atoms with E-state index < -0.39 is 0 Å². The van der Waals surface area contributed by atoms with Crippen LogP contribution in [0.5, 0.6) is 0 Å². The van der Waals surface area contributed by atoms with Gasteiger partial charge in [-0.05, 0) is 49.9 Å². The van der Waals surface area contributed by atoms with E-state index in [1.165, 1.54) is 44.9 Å². The van der Waals surface area contributed by atoms with E-state index in [4.69, 9.17) is 10.3 Å². The van der Waals surface area contributed by atoms with Crippen LogP contribution in [0.2, 0.25) is 0 Å². The molecule has 1 radical (unpaired) electrons. The number of unbranched alkanes of at least 4 members (excludes halogenated alkanes) is 2. The summed E-state index contributed by atoms with van der Waals surface area (Å²) in [5, 5.41) is 10.6. The first kappa shape index (κ1) is 26.9. The molecule has 6 heteroatoms. The molecule has 2 aliphatic rings. The van der Waals surface area contributed by atoms with Gasteiger partial charge < -0.3 is 14.2 Å². The van der Waals surface area contributed by atoms with Crippen LogP contribution in [0, 0.1) is 61.3 Å². The molecule has 0 aromatic rings. The maximum Gasteiger partial charge on any atom is 0.0851 e. The zero-order valence-electron chi connectivity index (χ0n) is 19.4. The molecule has 3 unspecified atom stereocenters. The van der Waals surface area contributed by atoms with Gasteiger partial charge in [0.05, 0.1) is 19.6 Å². The van der Waals surface area contributed by atoms with Crippen LogP contribution < -0.4 is 0 Å². The minimum atomic E-state index is -0.353. The second kappa shape index (κ2) is 15.5. The molecule has 0 bridgehead atoms. The Bertz CT molecular complexity index is 517. The first-order chi connectivity index (χ1) is 14.1. The molecule has 165 valence electrons. The molecule has 2 rings (SSSR count). The van der Waals surface area contributed by atoms with Gasteiger partial charge in [0.25, 0.3) is 0 Å². The van der Waals surface area contributed by atoms with Crippen molar-refractivity contribution in [3.8, 4) is 0 Å². The van der Waals surface area contributed by atoms with Crippen molar-refractivity contribution in [3.05, 3.63) is 24.3 Å². The van der Waals surface area contributed by atoms with Crippen molar-refractivity contribution < 1.29 is 58.2 Å². The van der Waals surface area contributed by atoms with Crippen molar-refractivity contribution in [2.45, 2.75) is 103 Å². The summed E-state index contributed by atoms with van der Waals surface area (Å²) in [4.78, 5) is 0. The van der Waals surface area contributed by atoms with Crippen LogP contribution in [0.25, 0.3) is 0 Å². The number of aliphatic hydroxyl groups excluding tert-OH is 1. The SMILES string of the molecule is [3H]PO[C@@H]1C[C@H](O)[C@H](C/C=C\CCCC)[C@H]1/C=C/CC(OP)C1(CCC)CCC1.[Ac]. The fourth-order valence-corrected chi connectivity index (χ4v) is 5.83. The molecule has 0 saturated heterocycles. The summed E-state index contributed by atoms with van der Waals surface area (Å²) in [5.41, 5.74) is 0.343. The molecule has 3 nitrogen and oxygen atoms in total. The van der Waals surface area contributed by atoms with Gasteiger partial charge in [-0.25, -0.2) is 0 Å². The molecule has 29 heavy (non-hydrogen) atoms. The summed E-state index contributed by atoms with van der Waals surface area (Å²) in [7, 11) is 2.21. The summed E-state index contributed by atoms with van der Waals surface area (Å²) >= 11 is 0. The van der Waals surface area contributed by atoms with Crippen molar-refractivity contribution in [2.75, 3.05) is 0 Å². The molecule has 0 aromatic carbocycles. The molecule has 0 amide bonds. The minimum Gasteiger partial charge on any atom is -0.393 e. The molecule has 7 atom stereocenters. The van der Waals surface area contributed by atoms with Crippen molar-refractivity contribution >= 4 is 18.9 Å². The number of hydrogen-bond acceptors (Lipinski definition) is 3. The largest absolute Gasteiger partial charge is 0.393 e. The summed E-state index contributed by atoms with van der Waals surface area (Å²) < 4.78 is 19.1. The van der Waals surface area contributed by atoms with E-state index >= 15 is 0 Å². The summed E-state index contributed by atoms with van der Waals surface area (Å²) in [6.45, 7) is 4.47. The fourth-order valence-electron chi connectivity index (χ4n) is 5.17. The molecule has 0 aliphatic heterocycles. The van der Waals surface area contributed by atoms with Crippen LogP contribution in [-0.4, -0.2) is 24.7 Å². The topological polar surface area (TPSA) is 38.7 Å². The van der Waals surface area contributed by atoms with E-state index in [0.29, 0.717) is 11.8 Å². The summed E-state index contributed by atoms with van der Waals surface area (Å²) in [6.07, 6.45) is 21.1. The van der Waals surface area contributed by atoms with E-state index in [0.717, 1.165) is 19.3 Å². The molecular weight excluding hydrogens is 613 g/mol. The van der Waals surface area contributed by atoms with Crippen molar-refractivity contribution in [1.82, 2.24) is 0 Å². The standard InChI is InChI=1S/C23H42O3P2.Ac/c1-3-5-6-7-8-11-18-19(21(25-27)17-20(18)24)12-9-13-22(26-28)23(14-4-2)15-10-16-23;/h7-9,12,18-22,24H,3-6,10-11,13-17,27-28H2,1-2H3;/b8-7-,12-9+;/t18-,19-,20+,21-,22?;/m1./s1/i27T;/t18-,19-,20+,21-,22?,27?;. The maximum atomic E-state index is 10.6. The molecule has 1 N–H and O–H groups in total. The molecule has 2 saturated carbocycles. The quantitative estimate of drug-likeness (QED) is 0.134. The summed E-state index contributed by atoms with van der Waals surface area (Å²) in [5.74, 6) is 0.349. The van der Waals surface area contributed by atoms with Crippen LogP contribution in [0.15, 0.2) is 24.3 Å². The van der Waals surface area contributed by atoms with Crippen LogP contribution in [0.4, 0.5) is 0 Å². The Hall–Kier alpha value is 1.66. The van der Waals surface area contributed by atoms with Crippen LogP contribution >= 0.6 is 18.9 Å². The van der Waals surface area contributed by atoms with Gasteiger partial charge in [-0.15, -0.1) is 0 Å². The van der Waals surface area contributed by atoms with Crippen molar-refractivity contribution in [3.63, 3.8) is 0 Å². The van der Waals surface area contributed by atoms with Gasteiger partial charge in [0, 0.05) is 75.3 Å². The Balaban J connectivity index is 0.00000450. The zero-order chi connectivity index (χ0) is 21.1. The van der Waals surface area contributed by atoms with Crippen molar-refractivity contribution in [1.29, 1.82) is 1.28 Å². The van der Waals surface area contributed by atoms with Gasteiger partial charge >= 0.3 is 0 Å². The van der Waals surface area contributed by atoms with Crippen molar-refractivity contribution in [2.24, 2.45) is 17.3 Å². The molecule has 0 spiro atoms. The normalized spacial score (nSPS) is 30.7. The molecule has 0 aromatic heterocycles. The number of hydrogen-bond donors (Lipinski definition) is 1. The van der Waals surface area contributed by atoms with Gasteiger partial charge in [-0.1, -0.05) is 63.8 Å². The Morgan fingerprint density at radius 1 is 1.24 bits per heavy atom. The second-order valence-corrected chi connectivity index (χ2v) is 9.31. The Morgan fingerprint density at radius 2 is 2.03 bits per heavy atom. The third-order valence-corrected chi connectivity index (χ3v) is 7.63. The third-order valence-electron chi connectivity index (χ3n) is 7.00. The van der Waals surface area contributed by atoms with Gasteiger partial charge in [0.2, 0.25) is 0 Å². The van der Waals surface area contributed by atoms with Gasteiger partial charge in [0.15, 0.2) is 0 Å². The molecule has 2 aliphatic carbocycles. The Morgan fingerprint density at radius 3 is 2.62 bits per heavy atom. The minimum absolute atomic E-state index is 0. The first-order valence-corrected chi connectivity index (χ1v) is 12.2. The maximum absolute atomic E-state index is 10.6. The molecular formula is C23H42AcO3P2. The van der Waals surface area contributed by atoms with Crippen LogP contribution in [-0.2, 0) is 9.05 Å². The van der Waals surface area contributed by atoms with Gasteiger partial charge in [-0.2, -0.15) is 0 Å². The monoisotopic (exact) mass is 657 g/mol. The van der Waals surface area contributed by atoms with Gasteiger partial charge in [0.1, 0.15) is 0 Å². The van der Waals surface area contributed by atoms with E-state index in [2.05, 4.69) is 47.6 Å². The van der Waals surface area contributed by atoms with E-state index in [-0.39, 0.29) is 83.6 Å². The number of rotatable bonds is 14. The summed E-state index contributed by atoms with van der Waals surface area (Å²) in [6, 6.07) is 0. The molecule has 0 heterocycles. The zero-order valence-corrected chi connectivity index (χ0v) is 25.3. The first-order valence-electron chi connectivity index (χ1n) is 11.8. The van der Waals surface area contributed by atoms with E-state index in [1.54, 1.807) is 0 Å².